The molecule has 0 heteroatoms. The fourth-order valence-electron chi connectivity index (χ4n) is 2.75. The van der Waals surface area contributed by atoms with E-state index in [4.69, 9.17) is 0 Å². The molecule has 0 heterocycles. The first-order chi connectivity index (χ1) is 10.8. The molecule has 22 heavy (non-hydrogen) atoms. The number of benzene rings is 3. The minimum Gasteiger partial charge on any atom is -0.0648 e. The highest BCUT2D eigenvalue weighted by molar-refractivity contribution is 5.73. The van der Waals surface area contributed by atoms with Gasteiger partial charge in [0.1, 0.15) is 0 Å². The molecular formula is C22H22. The van der Waals surface area contributed by atoms with E-state index in [2.05, 4.69) is 92.7 Å². The van der Waals surface area contributed by atoms with Crippen LogP contribution in [-0.2, 0) is 0 Å². The van der Waals surface area contributed by atoms with Gasteiger partial charge in [0, 0.05) is 0 Å². The van der Waals surface area contributed by atoms with E-state index in [1.54, 1.807) is 0 Å². The van der Waals surface area contributed by atoms with Crippen LogP contribution < -0.4 is 0 Å². The van der Waals surface area contributed by atoms with Gasteiger partial charge in [-0.1, -0.05) is 86.6 Å². The number of rotatable bonds is 4. The van der Waals surface area contributed by atoms with Crippen LogP contribution in [0, 0.1) is 0 Å². The summed E-state index contributed by atoms with van der Waals surface area (Å²) in [6, 6.07) is 28.3. The van der Waals surface area contributed by atoms with Crippen LogP contribution in [0.1, 0.15) is 31.7 Å². The van der Waals surface area contributed by atoms with Gasteiger partial charge < -0.3 is 0 Å². The van der Waals surface area contributed by atoms with E-state index in [0.717, 1.165) is 0 Å². The van der Waals surface area contributed by atoms with Gasteiger partial charge in [-0.25, -0.2) is 0 Å². The molecule has 0 N–H and O–H groups in total. The quantitative estimate of drug-likeness (QED) is 0.511. The maximum atomic E-state index is 2.28. The first-order valence-corrected chi connectivity index (χ1v) is 8.03. The summed E-state index contributed by atoms with van der Waals surface area (Å²) < 4.78 is 0. The summed E-state index contributed by atoms with van der Waals surface area (Å²) in [5.74, 6) is 0.629. The molecule has 3 rings (SSSR count). The Balaban J connectivity index is 1.92. The van der Waals surface area contributed by atoms with Crippen molar-refractivity contribution in [1.29, 1.82) is 0 Å². The van der Waals surface area contributed by atoms with Gasteiger partial charge in [-0.3, -0.25) is 0 Å². The zero-order valence-electron chi connectivity index (χ0n) is 13.3. The van der Waals surface area contributed by atoms with Crippen molar-refractivity contribution in [3.63, 3.8) is 0 Å². The minimum atomic E-state index is 0.629. The van der Waals surface area contributed by atoms with E-state index in [0.29, 0.717) is 5.92 Å². The molecule has 0 nitrogen and oxygen atoms in total. The van der Waals surface area contributed by atoms with Crippen LogP contribution in [0.3, 0.4) is 0 Å². The second-order valence-electron chi connectivity index (χ2n) is 5.88. The third kappa shape index (κ3) is 3.12. The topological polar surface area (TPSA) is 0 Å². The van der Waals surface area contributed by atoms with Crippen LogP contribution in [0.4, 0.5) is 0 Å². The van der Waals surface area contributed by atoms with E-state index in [1.807, 2.05) is 0 Å². The Morgan fingerprint density at radius 2 is 1.18 bits per heavy atom. The summed E-state index contributed by atoms with van der Waals surface area (Å²) in [5, 5.41) is 0. The predicted molar refractivity (Wildman–Crippen MR) is 96.0 cm³/mol. The fourth-order valence-corrected chi connectivity index (χ4v) is 2.75. The molecule has 0 amide bonds. The molecule has 0 aliphatic carbocycles. The monoisotopic (exact) mass is 286 g/mol. The zero-order chi connectivity index (χ0) is 15.4. The third-order valence-electron chi connectivity index (χ3n) is 4.40. The lowest BCUT2D eigenvalue weighted by molar-refractivity contribution is 0.734. The Kier molecular flexibility index (Phi) is 4.39. The summed E-state index contributed by atoms with van der Waals surface area (Å²) in [4.78, 5) is 0. The summed E-state index contributed by atoms with van der Waals surface area (Å²) in [6.45, 7) is 4.52. The molecule has 110 valence electrons. The lowest BCUT2D eigenvalue weighted by Crippen LogP contribution is -1.90. The molecule has 0 saturated carbocycles. The molecular weight excluding hydrogens is 264 g/mol. The molecule has 0 spiro atoms. The molecule has 0 radical (unpaired) electrons. The van der Waals surface area contributed by atoms with E-state index in [1.165, 1.54) is 34.2 Å². The van der Waals surface area contributed by atoms with E-state index in [-0.39, 0.29) is 0 Å². The molecule has 0 bridgehead atoms. The summed E-state index contributed by atoms with van der Waals surface area (Å²) in [7, 11) is 0. The lowest BCUT2D eigenvalue weighted by Gasteiger charge is -2.10. The van der Waals surface area contributed by atoms with Gasteiger partial charge in [-0.15, -0.1) is 0 Å². The van der Waals surface area contributed by atoms with Crippen molar-refractivity contribution in [3.8, 4) is 22.3 Å². The van der Waals surface area contributed by atoms with Crippen molar-refractivity contribution >= 4 is 0 Å². The van der Waals surface area contributed by atoms with Gasteiger partial charge in [0.2, 0.25) is 0 Å². The fraction of sp³-hybridized carbons (Fsp3) is 0.182. The highest BCUT2D eigenvalue weighted by Gasteiger charge is 2.04. The maximum Gasteiger partial charge on any atom is -0.0178 e. The van der Waals surface area contributed by atoms with Crippen molar-refractivity contribution in [2.24, 2.45) is 0 Å². The van der Waals surface area contributed by atoms with Crippen LogP contribution in [0.15, 0.2) is 78.9 Å². The molecule has 1 atom stereocenters. The molecule has 3 aromatic rings. The van der Waals surface area contributed by atoms with Crippen LogP contribution in [0.25, 0.3) is 22.3 Å². The Morgan fingerprint density at radius 1 is 0.636 bits per heavy atom. The van der Waals surface area contributed by atoms with Gasteiger partial charge in [-0.05, 0) is 46.2 Å². The summed E-state index contributed by atoms with van der Waals surface area (Å²) in [5.41, 5.74) is 6.51. The van der Waals surface area contributed by atoms with Crippen LogP contribution in [-0.4, -0.2) is 0 Å². The highest BCUT2D eigenvalue weighted by Crippen LogP contribution is 2.28. The van der Waals surface area contributed by atoms with E-state index < -0.39 is 0 Å². The smallest absolute Gasteiger partial charge is 0.0178 e. The van der Waals surface area contributed by atoms with Gasteiger partial charge in [-0.2, -0.15) is 0 Å². The van der Waals surface area contributed by atoms with Gasteiger partial charge in [0.25, 0.3) is 0 Å². The third-order valence-corrected chi connectivity index (χ3v) is 4.40. The van der Waals surface area contributed by atoms with Crippen molar-refractivity contribution in [1.82, 2.24) is 0 Å². The minimum absolute atomic E-state index is 0.629. The van der Waals surface area contributed by atoms with Gasteiger partial charge in [0.15, 0.2) is 0 Å². The molecule has 0 aromatic heterocycles. The Hall–Kier alpha value is -2.34. The Bertz CT molecular complexity index is 724. The standard InChI is InChI=1S/C22H22/c1-3-17(2)18-12-14-20(15-13-18)22-11-7-10-21(16-22)19-8-5-4-6-9-19/h4-17H,3H2,1-2H3. The highest BCUT2D eigenvalue weighted by atomic mass is 14.1. The predicted octanol–water partition coefficient (Wildman–Crippen LogP) is 6.53. The zero-order valence-corrected chi connectivity index (χ0v) is 13.3. The van der Waals surface area contributed by atoms with Crippen LogP contribution in [0.5, 0.6) is 0 Å². The molecule has 0 saturated heterocycles. The van der Waals surface area contributed by atoms with Crippen LogP contribution >= 0.6 is 0 Å². The molecule has 0 aliphatic heterocycles. The average Bonchev–Trinajstić information content (AvgIpc) is 2.62. The normalized spacial score (nSPS) is 12.1. The van der Waals surface area contributed by atoms with Crippen LogP contribution in [0.2, 0.25) is 0 Å². The molecule has 1 unspecified atom stereocenters. The number of hydrogen-bond acceptors (Lipinski definition) is 0. The van der Waals surface area contributed by atoms with Crippen molar-refractivity contribution in [2.45, 2.75) is 26.2 Å². The lowest BCUT2D eigenvalue weighted by atomic mass is 9.94. The Labute approximate surface area is 133 Å². The van der Waals surface area contributed by atoms with Crippen molar-refractivity contribution < 1.29 is 0 Å². The summed E-state index contributed by atoms with van der Waals surface area (Å²) in [6.07, 6.45) is 1.18. The number of hydrogen-bond donors (Lipinski definition) is 0. The second kappa shape index (κ2) is 6.62. The largest absolute Gasteiger partial charge is 0.0648 e. The SMILES string of the molecule is CCC(C)c1ccc(-c2cccc(-c3ccccc3)c2)cc1. The second-order valence-corrected chi connectivity index (χ2v) is 5.88. The van der Waals surface area contributed by atoms with Gasteiger partial charge in [0.05, 0.1) is 0 Å². The molecule has 0 fully saturated rings. The first kappa shape index (κ1) is 14.6. The average molecular weight is 286 g/mol. The maximum absolute atomic E-state index is 2.28. The summed E-state index contributed by atoms with van der Waals surface area (Å²) >= 11 is 0. The first-order valence-electron chi connectivity index (χ1n) is 8.03. The Morgan fingerprint density at radius 3 is 1.77 bits per heavy atom. The molecule has 3 aromatic carbocycles. The van der Waals surface area contributed by atoms with E-state index in [9.17, 15) is 0 Å². The van der Waals surface area contributed by atoms with Gasteiger partial charge >= 0.3 is 0 Å². The van der Waals surface area contributed by atoms with Crippen molar-refractivity contribution in [2.75, 3.05) is 0 Å². The van der Waals surface area contributed by atoms with Crippen molar-refractivity contribution in [3.05, 3.63) is 84.4 Å². The molecule has 0 aliphatic rings. The van der Waals surface area contributed by atoms with E-state index >= 15 is 0 Å².